The van der Waals surface area contributed by atoms with Gasteiger partial charge in [0.15, 0.2) is 11.5 Å². The minimum Gasteiger partial charge on any atom is -0.493 e. The van der Waals surface area contributed by atoms with Crippen LogP contribution in [0.2, 0.25) is 5.02 Å². The van der Waals surface area contributed by atoms with Gasteiger partial charge in [0.05, 0.1) is 34.6 Å². The molecule has 2 fully saturated rings. The van der Waals surface area contributed by atoms with Crippen molar-refractivity contribution in [2.45, 2.75) is 25.6 Å². The van der Waals surface area contributed by atoms with Crippen LogP contribution < -0.4 is 9.47 Å². The van der Waals surface area contributed by atoms with E-state index in [1.807, 2.05) is 0 Å². The number of benzene rings is 2. The molecule has 1 atom stereocenters. The molecule has 2 aliphatic heterocycles. The summed E-state index contributed by atoms with van der Waals surface area (Å²) < 4.78 is 17.4. The largest absolute Gasteiger partial charge is 0.493 e. The van der Waals surface area contributed by atoms with E-state index in [0.29, 0.717) is 44.5 Å². The summed E-state index contributed by atoms with van der Waals surface area (Å²) in [5.41, 5.74) is 1.41. The second-order valence-electron chi connectivity index (χ2n) is 7.67. The number of nitro benzene ring substituents is 1. The van der Waals surface area contributed by atoms with Crippen LogP contribution in [0.4, 0.5) is 5.69 Å². The van der Waals surface area contributed by atoms with Crippen LogP contribution in [-0.4, -0.2) is 46.4 Å². The zero-order valence-corrected chi connectivity index (χ0v) is 20.6. The number of methoxy groups -OCH3 is 1. The van der Waals surface area contributed by atoms with Gasteiger partial charge in [-0.15, -0.1) is 0 Å². The van der Waals surface area contributed by atoms with Crippen molar-refractivity contribution in [2.24, 2.45) is 0 Å². The van der Waals surface area contributed by atoms with E-state index in [1.54, 1.807) is 35.2 Å². The quantitative estimate of drug-likeness (QED) is 0.202. The van der Waals surface area contributed by atoms with E-state index < -0.39 is 4.92 Å². The van der Waals surface area contributed by atoms with Gasteiger partial charge in [-0.1, -0.05) is 35.6 Å². The smallest absolute Gasteiger partial charge is 0.269 e. The summed E-state index contributed by atoms with van der Waals surface area (Å²) >= 11 is 13.1. The van der Waals surface area contributed by atoms with Gasteiger partial charge in [0, 0.05) is 18.7 Å². The van der Waals surface area contributed by atoms with Gasteiger partial charge in [0.1, 0.15) is 10.9 Å². The van der Waals surface area contributed by atoms with Crippen molar-refractivity contribution in [3.63, 3.8) is 0 Å². The van der Waals surface area contributed by atoms with Gasteiger partial charge in [-0.2, -0.15) is 0 Å². The monoisotopic (exact) mass is 520 g/mol. The molecule has 2 aromatic carbocycles. The van der Waals surface area contributed by atoms with Gasteiger partial charge in [-0.3, -0.25) is 19.8 Å². The molecular weight excluding hydrogens is 500 g/mol. The number of nitrogens with zero attached hydrogens (tertiary/aromatic N) is 2. The molecule has 8 nitrogen and oxygen atoms in total. The maximum absolute atomic E-state index is 12.9. The number of non-ortho nitro benzene ring substituents is 1. The number of hydrogen-bond donors (Lipinski definition) is 0. The predicted molar refractivity (Wildman–Crippen MR) is 134 cm³/mol. The van der Waals surface area contributed by atoms with Crippen molar-refractivity contribution in [3.05, 3.63) is 67.6 Å². The molecule has 178 valence electrons. The average Bonchev–Trinajstić information content (AvgIpc) is 3.42. The first-order chi connectivity index (χ1) is 16.4. The van der Waals surface area contributed by atoms with E-state index >= 15 is 0 Å². The number of halogens is 1. The fraction of sp³-hybridized carbons (Fsp3) is 0.304. The Kier molecular flexibility index (Phi) is 7.72. The number of thioether (sulfide) groups is 1. The van der Waals surface area contributed by atoms with Crippen molar-refractivity contribution in [1.82, 2.24) is 4.90 Å². The lowest BCUT2D eigenvalue weighted by Gasteiger charge is -2.18. The number of amides is 1. The highest BCUT2D eigenvalue weighted by molar-refractivity contribution is 8.26. The lowest BCUT2D eigenvalue weighted by Crippen LogP contribution is -2.35. The van der Waals surface area contributed by atoms with Crippen LogP contribution in [0.1, 0.15) is 24.0 Å². The number of carbonyl (C=O) groups is 1. The Morgan fingerprint density at radius 2 is 2.12 bits per heavy atom. The summed E-state index contributed by atoms with van der Waals surface area (Å²) in [6.45, 7) is 1.32. The molecule has 0 unspecified atom stereocenters. The Morgan fingerprint density at radius 1 is 1.35 bits per heavy atom. The topological polar surface area (TPSA) is 91.1 Å². The van der Waals surface area contributed by atoms with Gasteiger partial charge < -0.3 is 14.2 Å². The third-order valence-corrected chi connectivity index (χ3v) is 7.02. The third kappa shape index (κ3) is 5.52. The summed E-state index contributed by atoms with van der Waals surface area (Å²) in [7, 11) is 1.50. The minimum atomic E-state index is -0.459. The third-order valence-electron chi connectivity index (χ3n) is 5.36. The van der Waals surface area contributed by atoms with Crippen molar-refractivity contribution in [3.8, 4) is 11.5 Å². The Balaban J connectivity index is 1.48. The van der Waals surface area contributed by atoms with Gasteiger partial charge in [0.2, 0.25) is 0 Å². The molecule has 2 aromatic rings. The number of rotatable bonds is 8. The first kappa shape index (κ1) is 24.5. The predicted octanol–water partition coefficient (Wildman–Crippen LogP) is 5.22. The number of hydrogen-bond acceptors (Lipinski definition) is 8. The van der Waals surface area contributed by atoms with Crippen molar-refractivity contribution in [1.29, 1.82) is 0 Å². The first-order valence-electron chi connectivity index (χ1n) is 10.5. The second-order valence-corrected chi connectivity index (χ2v) is 9.76. The molecule has 0 spiro atoms. The Morgan fingerprint density at radius 3 is 2.76 bits per heavy atom. The molecule has 0 aliphatic carbocycles. The lowest BCUT2D eigenvalue weighted by atomic mass is 10.1. The van der Waals surface area contributed by atoms with Crippen LogP contribution in [0.25, 0.3) is 6.08 Å². The number of thiocarbonyl (C=S) groups is 1. The van der Waals surface area contributed by atoms with Crippen LogP contribution in [0.3, 0.4) is 0 Å². The maximum Gasteiger partial charge on any atom is 0.269 e. The second kappa shape index (κ2) is 10.7. The number of nitro groups is 1. The molecule has 4 rings (SSSR count). The highest BCUT2D eigenvalue weighted by atomic mass is 35.5. The zero-order chi connectivity index (χ0) is 24.2. The minimum absolute atomic E-state index is 0.00454. The normalized spacial score (nSPS) is 19.2. The molecule has 0 N–H and O–H groups in total. The summed E-state index contributed by atoms with van der Waals surface area (Å²) in [5, 5.41) is 11.1. The molecule has 1 amide bonds. The van der Waals surface area contributed by atoms with Crippen LogP contribution in [-0.2, 0) is 16.1 Å². The van der Waals surface area contributed by atoms with Crippen LogP contribution >= 0.6 is 35.6 Å². The molecule has 0 radical (unpaired) electrons. The van der Waals surface area contributed by atoms with Crippen molar-refractivity contribution >= 4 is 57.6 Å². The number of ether oxygens (including phenoxy) is 3. The van der Waals surface area contributed by atoms with Gasteiger partial charge in [-0.05, 0) is 54.3 Å². The molecule has 34 heavy (non-hydrogen) atoms. The summed E-state index contributed by atoms with van der Waals surface area (Å²) in [5.74, 6) is 0.584. The van der Waals surface area contributed by atoms with Crippen LogP contribution in [0.15, 0.2) is 41.3 Å². The molecule has 11 heteroatoms. The fourth-order valence-corrected chi connectivity index (χ4v) is 5.18. The summed E-state index contributed by atoms with van der Waals surface area (Å²) in [6, 6.07) is 9.47. The van der Waals surface area contributed by atoms with E-state index in [9.17, 15) is 14.9 Å². The van der Waals surface area contributed by atoms with E-state index in [-0.39, 0.29) is 24.3 Å². The van der Waals surface area contributed by atoms with E-state index in [4.69, 9.17) is 38.0 Å². The van der Waals surface area contributed by atoms with Crippen LogP contribution in [0.5, 0.6) is 11.5 Å². The first-order valence-corrected chi connectivity index (χ1v) is 12.1. The SMILES string of the molecule is COc1cc(/C=C2\SC(=S)N(C[C@H]3CCCO3)C2=O)cc(Cl)c1OCc1ccc([N+](=O)[O-])cc1. The Labute approximate surface area is 211 Å². The molecule has 2 heterocycles. The molecule has 0 saturated carbocycles. The highest BCUT2D eigenvalue weighted by Crippen LogP contribution is 2.39. The van der Waals surface area contributed by atoms with Crippen LogP contribution in [0, 0.1) is 10.1 Å². The molecular formula is C23H21ClN2O6S2. The number of carbonyl (C=O) groups excluding carboxylic acids is 1. The fourth-order valence-electron chi connectivity index (χ4n) is 3.63. The van der Waals surface area contributed by atoms with Gasteiger partial charge >= 0.3 is 0 Å². The summed E-state index contributed by atoms with van der Waals surface area (Å²) in [4.78, 5) is 25.3. The molecule has 0 aromatic heterocycles. The molecule has 2 saturated heterocycles. The molecule has 0 bridgehead atoms. The highest BCUT2D eigenvalue weighted by Gasteiger charge is 2.34. The standard InChI is InChI=1S/C23H21ClN2O6S2/c1-30-19-10-15(11-20-22(27)25(23(33)34-20)12-17-3-2-8-31-17)9-18(24)21(19)32-13-14-4-6-16(7-5-14)26(28)29/h4-7,9-11,17H,2-3,8,12-13H2,1H3/b20-11-/t17-/m1/s1. The molecule has 2 aliphatic rings. The Bertz CT molecular complexity index is 1150. The van der Waals surface area contributed by atoms with E-state index in [1.165, 1.54) is 31.0 Å². The zero-order valence-electron chi connectivity index (χ0n) is 18.2. The summed E-state index contributed by atoms with van der Waals surface area (Å²) in [6.07, 6.45) is 3.66. The van der Waals surface area contributed by atoms with E-state index in [0.717, 1.165) is 18.4 Å². The maximum atomic E-state index is 12.9. The van der Waals surface area contributed by atoms with Crippen molar-refractivity contribution < 1.29 is 23.9 Å². The average molecular weight is 521 g/mol. The van der Waals surface area contributed by atoms with Crippen molar-refractivity contribution in [2.75, 3.05) is 20.3 Å². The van der Waals surface area contributed by atoms with E-state index in [2.05, 4.69) is 0 Å². The lowest BCUT2D eigenvalue weighted by molar-refractivity contribution is -0.384. The van der Waals surface area contributed by atoms with Gasteiger partial charge in [-0.25, -0.2) is 0 Å². The van der Waals surface area contributed by atoms with Gasteiger partial charge in [0.25, 0.3) is 11.6 Å². The Hall–Kier alpha value is -2.66.